The Morgan fingerprint density at radius 2 is 2.18 bits per heavy atom. The van der Waals surface area contributed by atoms with Crippen molar-refractivity contribution in [3.63, 3.8) is 0 Å². The van der Waals surface area contributed by atoms with Crippen molar-refractivity contribution < 1.29 is 5.11 Å². The molecule has 2 heteroatoms. The minimum Gasteiger partial charge on any atom is -0.396 e. The van der Waals surface area contributed by atoms with Crippen LogP contribution in [0.2, 0.25) is 0 Å². The predicted octanol–water partition coefficient (Wildman–Crippen LogP) is 1.13. The van der Waals surface area contributed by atoms with Crippen LogP contribution in [0.3, 0.4) is 0 Å². The molecule has 0 aliphatic heterocycles. The summed E-state index contributed by atoms with van der Waals surface area (Å²) in [4.78, 5) is 0. The molecule has 0 radical (unpaired) electrons. The van der Waals surface area contributed by atoms with E-state index in [-0.39, 0.29) is 18.1 Å². The van der Waals surface area contributed by atoms with Crippen LogP contribution >= 0.6 is 0 Å². The zero-order valence-corrected chi connectivity index (χ0v) is 7.51. The van der Waals surface area contributed by atoms with Crippen LogP contribution < -0.4 is 5.73 Å². The Balaban J connectivity index is 2.46. The summed E-state index contributed by atoms with van der Waals surface area (Å²) in [7, 11) is 0. The van der Waals surface area contributed by atoms with E-state index in [0.717, 1.165) is 12.3 Å². The summed E-state index contributed by atoms with van der Waals surface area (Å²) in [6.45, 7) is 4.59. The maximum absolute atomic E-state index is 8.85. The van der Waals surface area contributed by atoms with Crippen LogP contribution in [0.15, 0.2) is 0 Å². The second kappa shape index (κ2) is 3.11. The maximum atomic E-state index is 8.85. The third-order valence-electron chi connectivity index (χ3n) is 3.09. The van der Waals surface area contributed by atoms with E-state index >= 15 is 0 Å². The van der Waals surface area contributed by atoms with Crippen molar-refractivity contribution in [2.75, 3.05) is 6.61 Å². The molecule has 2 nitrogen and oxygen atoms in total. The molecular weight excluding hydrogens is 138 g/mol. The monoisotopic (exact) mass is 157 g/mol. The van der Waals surface area contributed by atoms with Gasteiger partial charge in [-0.2, -0.15) is 0 Å². The fourth-order valence-corrected chi connectivity index (χ4v) is 2.35. The molecule has 11 heavy (non-hydrogen) atoms. The van der Waals surface area contributed by atoms with Gasteiger partial charge in [0.1, 0.15) is 0 Å². The highest BCUT2D eigenvalue weighted by molar-refractivity contribution is 4.96. The molecule has 1 aliphatic rings. The molecule has 1 unspecified atom stereocenters. The third kappa shape index (κ3) is 1.57. The van der Waals surface area contributed by atoms with E-state index in [0.29, 0.717) is 0 Å². The molecule has 1 fully saturated rings. The quantitative estimate of drug-likeness (QED) is 0.645. The van der Waals surface area contributed by atoms with Gasteiger partial charge in [-0.15, -0.1) is 0 Å². The summed E-state index contributed by atoms with van der Waals surface area (Å²) in [5.41, 5.74) is 6.14. The van der Waals surface area contributed by atoms with Crippen molar-refractivity contribution >= 4 is 0 Å². The Morgan fingerprint density at radius 1 is 1.64 bits per heavy atom. The first-order valence-corrected chi connectivity index (χ1v) is 4.47. The summed E-state index contributed by atoms with van der Waals surface area (Å²) < 4.78 is 0. The topological polar surface area (TPSA) is 46.2 Å². The largest absolute Gasteiger partial charge is 0.396 e. The van der Waals surface area contributed by atoms with Crippen LogP contribution in [0.5, 0.6) is 0 Å². The van der Waals surface area contributed by atoms with Gasteiger partial charge in [-0.3, -0.25) is 0 Å². The van der Waals surface area contributed by atoms with E-state index in [1.807, 2.05) is 0 Å². The smallest absolute Gasteiger partial charge is 0.0436 e. The van der Waals surface area contributed by atoms with Crippen LogP contribution in [-0.2, 0) is 0 Å². The van der Waals surface area contributed by atoms with Crippen molar-refractivity contribution in [1.29, 1.82) is 0 Å². The average molecular weight is 157 g/mol. The fourth-order valence-electron chi connectivity index (χ4n) is 2.35. The molecule has 1 rings (SSSR count). The van der Waals surface area contributed by atoms with Crippen molar-refractivity contribution in [3.8, 4) is 0 Å². The first kappa shape index (κ1) is 9.01. The van der Waals surface area contributed by atoms with Crippen LogP contribution in [0.25, 0.3) is 0 Å². The molecule has 0 aromatic rings. The second-order valence-electron chi connectivity index (χ2n) is 4.14. The highest BCUT2D eigenvalue weighted by Crippen LogP contribution is 2.49. The zero-order chi connectivity index (χ0) is 8.48. The summed E-state index contributed by atoms with van der Waals surface area (Å²) >= 11 is 0. The molecule has 0 amide bonds. The van der Waals surface area contributed by atoms with E-state index < -0.39 is 0 Å². The normalized spacial score (nSPS) is 39.8. The highest BCUT2D eigenvalue weighted by atomic mass is 16.3. The van der Waals surface area contributed by atoms with Crippen molar-refractivity contribution in [3.05, 3.63) is 0 Å². The summed E-state index contributed by atoms with van der Waals surface area (Å²) in [5, 5.41) is 8.85. The Kier molecular flexibility index (Phi) is 2.55. The lowest BCUT2D eigenvalue weighted by molar-refractivity contribution is 0.0157. The lowest BCUT2D eigenvalue weighted by Gasteiger charge is -2.49. The molecule has 0 bridgehead atoms. The minimum atomic E-state index is 0.242. The molecule has 0 spiro atoms. The van der Waals surface area contributed by atoms with Crippen molar-refractivity contribution in [2.45, 2.75) is 39.2 Å². The van der Waals surface area contributed by atoms with Crippen molar-refractivity contribution in [1.82, 2.24) is 0 Å². The van der Waals surface area contributed by atoms with Gasteiger partial charge in [0.25, 0.3) is 0 Å². The Morgan fingerprint density at radius 3 is 2.45 bits per heavy atom. The Bertz CT molecular complexity index is 122. The van der Waals surface area contributed by atoms with Gasteiger partial charge in [0.05, 0.1) is 0 Å². The number of nitrogens with two attached hydrogens (primary N) is 1. The van der Waals surface area contributed by atoms with E-state index in [1.165, 1.54) is 12.8 Å². The van der Waals surface area contributed by atoms with Gasteiger partial charge in [-0.05, 0) is 37.5 Å². The molecule has 0 heterocycles. The molecule has 1 atom stereocenters. The van der Waals surface area contributed by atoms with Crippen LogP contribution in [0, 0.1) is 11.3 Å². The standard InChI is InChI=1S/C9H19NO/c1-7-5-9(6-7,3-4-11)8(2)10/h7-8,11H,3-6,10H2,1-2H3. The third-order valence-corrected chi connectivity index (χ3v) is 3.09. The van der Waals surface area contributed by atoms with Gasteiger partial charge in [0.2, 0.25) is 0 Å². The SMILES string of the molecule is CC1CC(CCO)(C(C)N)C1. The predicted molar refractivity (Wildman–Crippen MR) is 46.2 cm³/mol. The number of hydrogen-bond acceptors (Lipinski definition) is 2. The number of aliphatic hydroxyl groups excluding tert-OH is 1. The fraction of sp³-hybridized carbons (Fsp3) is 1.00. The summed E-state index contributed by atoms with van der Waals surface area (Å²) in [5.74, 6) is 0.813. The molecule has 66 valence electrons. The lowest BCUT2D eigenvalue weighted by Crippen LogP contribution is -2.49. The molecule has 0 aromatic heterocycles. The molecular formula is C9H19NO. The average Bonchev–Trinajstić information content (AvgIpc) is 1.84. The first-order valence-electron chi connectivity index (χ1n) is 4.47. The van der Waals surface area contributed by atoms with Gasteiger partial charge in [0, 0.05) is 12.6 Å². The zero-order valence-electron chi connectivity index (χ0n) is 7.51. The molecule has 1 aliphatic carbocycles. The number of aliphatic hydroxyl groups is 1. The minimum absolute atomic E-state index is 0.242. The Labute approximate surface area is 68.8 Å². The number of rotatable bonds is 3. The first-order chi connectivity index (χ1) is 5.10. The molecule has 3 N–H and O–H groups in total. The van der Waals surface area contributed by atoms with Gasteiger partial charge in [-0.1, -0.05) is 6.92 Å². The van der Waals surface area contributed by atoms with E-state index in [1.54, 1.807) is 0 Å². The molecule has 1 saturated carbocycles. The summed E-state index contributed by atoms with van der Waals surface area (Å²) in [6.07, 6.45) is 3.28. The van der Waals surface area contributed by atoms with Gasteiger partial charge < -0.3 is 10.8 Å². The molecule has 0 saturated heterocycles. The Hall–Kier alpha value is -0.0800. The lowest BCUT2D eigenvalue weighted by atomic mass is 9.58. The van der Waals surface area contributed by atoms with Gasteiger partial charge in [-0.25, -0.2) is 0 Å². The number of hydrogen-bond donors (Lipinski definition) is 2. The summed E-state index contributed by atoms with van der Waals surface area (Å²) in [6, 6.07) is 0.242. The van der Waals surface area contributed by atoms with Crippen molar-refractivity contribution in [2.24, 2.45) is 17.1 Å². The van der Waals surface area contributed by atoms with E-state index in [9.17, 15) is 0 Å². The molecule has 0 aromatic carbocycles. The van der Waals surface area contributed by atoms with Crippen LogP contribution in [0.4, 0.5) is 0 Å². The highest BCUT2D eigenvalue weighted by Gasteiger charge is 2.43. The van der Waals surface area contributed by atoms with E-state index in [4.69, 9.17) is 10.8 Å². The second-order valence-corrected chi connectivity index (χ2v) is 4.14. The van der Waals surface area contributed by atoms with Crippen LogP contribution in [-0.4, -0.2) is 17.8 Å². The van der Waals surface area contributed by atoms with E-state index in [2.05, 4.69) is 13.8 Å². The van der Waals surface area contributed by atoms with Crippen LogP contribution in [0.1, 0.15) is 33.1 Å². The maximum Gasteiger partial charge on any atom is 0.0436 e. The van der Waals surface area contributed by atoms with Gasteiger partial charge >= 0.3 is 0 Å². The van der Waals surface area contributed by atoms with Gasteiger partial charge in [0.15, 0.2) is 0 Å².